The number of nitrogens with two attached hydrogens (primary N) is 6. The number of nitrogen functional groups attached to an aromatic ring is 1. The van der Waals surface area contributed by atoms with Crippen molar-refractivity contribution in [2.45, 2.75) is 63.7 Å². The van der Waals surface area contributed by atoms with Gasteiger partial charge in [-0.15, -0.1) is 0 Å². The van der Waals surface area contributed by atoms with Crippen molar-refractivity contribution in [2.75, 3.05) is 24.1 Å². The Labute approximate surface area is 363 Å². The van der Waals surface area contributed by atoms with Gasteiger partial charge in [-0.2, -0.15) is 10.2 Å². The number of anilines is 2. The molecule has 63 heavy (non-hydrogen) atoms. The second kappa shape index (κ2) is 21.0. The number of nitrogens with one attached hydrogen (secondary N) is 3. The largest absolute Gasteiger partial charge is 0.396 e. The number of nitrogens with zero attached hydrogens (tertiary/aromatic N) is 6. The molecule has 0 aliphatic heterocycles. The van der Waals surface area contributed by atoms with Gasteiger partial charge in [-0.3, -0.25) is 38.5 Å². The van der Waals surface area contributed by atoms with Crippen molar-refractivity contribution in [1.82, 2.24) is 30.2 Å². The van der Waals surface area contributed by atoms with Gasteiger partial charge >= 0.3 is 0 Å². The Bertz CT molecular complexity index is 2630. The zero-order chi connectivity index (χ0) is 44.9. The van der Waals surface area contributed by atoms with Crippen LogP contribution < -0.4 is 50.4 Å². The Hall–Kier alpha value is -7.96. The molecule has 0 unspecified atom stereocenters. The van der Waals surface area contributed by atoms with Crippen LogP contribution in [0.25, 0.3) is 21.5 Å². The van der Waals surface area contributed by atoms with Crippen LogP contribution in [0.5, 0.6) is 0 Å². The Morgan fingerprint density at radius 2 is 1.08 bits per heavy atom. The van der Waals surface area contributed by atoms with E-state index in [4.69, 9.17) is 34.4 Å². The quantitative estimate of drug-likeness (QED) is 0.0286. The van der Waals surface area contributed by atoms with Crippen molar-refractivity contribution in [3.05, 3.63) is 120 Å². The van der Waals surface area contributed by atoms with E-state index in [0.29, 0.717) is 38.8 Å². The summed E-state index contributed by atoms with van der Waals surface area (Å²) in [4.78, 5) is 62.2. The maximum absolute atomic E-state index is 14.2. The van der Waals surface area contributed by atoms with E-state index in [0.717, 1.165) is 32.7 Å². The second-order valence-corrected chi connectivity index (χ2v) is 15.0. The predicted octanol–water partition coefficient (Wildman–Crippen LogP) is 1.88. The van der Waals surface area contributed by atoms with E-state index >= 15 is 0 Å². The average molecular weight is 856 g/mol. The molecular formula is C44H53N15O4. The van der Waals surface area contributed by atoms with Gasteiger partial charge in [0.25, 0.3) is 11.8 Å². The van der Waals surface area contributed by atoms with E-state index in [1.165, 1.54) is 10.9 Å². The van der Waals surface area contributed by atoms with Crippen LogP contribution in [0.2, 0.25) is 0 Å². The first-order chi connectivity index (χ1) is 30.4. The van der Waals surface area contributed by atoms with Crippen molar-refractivity contribution in [3.63, 3.8) is 0 Å². The van der Waals surface area contributed by atoms with Crippen LogP contribution in [-0.4, -0.2) is 80.3 Å². The predicted molar refractivity (Wildman–Crippen MR) is 244 cm³/mol. The minimum absolute atomic E-state index is 0.0276. The average Bonchev–Trinajstić information content (AvgIpc) is 3.86. The van der Waals surface area contributed by atoms with Crippen molar-refractivity contribution in [1.29, 1.82) is 0 Å². The van der Waals surface area contributed by atoms with Crippen LogP contribution in [0.1, 0.15) is 57.8 Å². The number of benzene rings is 4. The Morgan fingerprint density at radius 1 is 0.603 bits per heavy atom. The number of hydrogen-bond acceptors (Lipinski definition) is 9. The fraction of sp³-hybridized carbons (Fsp3) is 0.273. The van der Waals surface area contributed by atoms with Crippen molar-refractivity contribution >= 4 is 68.5 Å². The van der Waals surface area contributed by atoms with E-state index < -0.39 is 35.7 Å². The van der Waals surface area contributed by atoms with Gasteiger partial charge in [0.1, 0.15) is 12.1 Å². The number of rotatable bonds is 21. The molecule has 2 atom stereocenters. The van der Waals surface area contributed by atoms with Crippen LogP contribution in [0.4, 0.5) is 11.4 Å². The molecule has 15 N–H and O–H groups in total. The highest BCUT2D eigenvalue weighted by Gasteiger charge is 2.28. The Balaban J connectivity index is 1.22. The summed E-state index contributed by atoms with van der Waals surface area (Å²) in [6.45, 7) is 1.14. The first-order valence-electron chi connectivity index (χ1n) is 20.5. The van der Waals surface area contributed by atoms with Crippen molar-refractivity contribution in [3.8, 4) is 0 Å². The number of amides is 4. The van der Waals surface area contributed by atoms with Crippen molar-refractivity contribution in [2.24, 2.45) is 38.7 Å². The molecule has 19 heteroatoms. The number of primary amides is 1. The zero-order valence-corrected chi connectivity index (χ0v) is 34.7. The lowest BCUT2D eigenvalue weighted by Gasteiger charge is -2.18. The van der Waals surface area contributed by atoms with Gasteiger partial charge in [0.05, 0.1) is 11.4 Å². The highest BCUT2D eigenvalue weighted by atomic mass is 16.2. The van der Waals surface area contributed by atoms with Crippen LogP contribution >= 0.6 is 0 Å². The monoisotopic (exact) mass is 855 g/mol. The number of aliphatic imine (C=N–C) groups is 2. The summed E-state index contributed by atoms with van der Waals surface area (Å²) in [7, 11) is 0. The molecule has 4 aromatic carbocycles. The lowest BCUT2D eigenvalue weighted by molar-refractivity contribution is -0.120. The molecule has 2 aromatic heterocycles. The van der Waals surface area contributed by atoms with E-state index in [1.54, 1.807) is 10.9 Å². The molecule has 0 bridgehead atoms. The lowest BCUT2D eigenvalue weighted by Crippen LogP contribution is -2.45. The molecule has 0 saturated heterocycles. The third kappa shape index (κ3) is 12.1. The minimum Gasteiger partial charge on any atom is -0.396 e. The summed E-state index contributed by atoms with van der Waals surface area (Å²) in [5.41, 5.74) is 35.9. The van der Waals surface area contributed by atoms with Gasteiger partial charge in [0, 0.05) is 38.6 Å². The number of aryl methyl sites for hydroxylation is 4. The van der Waals surface area contributed by atoms with Gasteiger partial charge in [-0.05, 0) is 71.2 Å². The van der Waals surface area contributed by atoms with Gasteiger partial charge < -0.3 is 50.4 Å². The molecule has 0 saturated carbocycles. The number of carbonyl (C=O) groups excluding carboxylic acids is 4. The van der Waals surface area contributed by atoms with E-state index in [-0.39, 0.29) is 60.6 Å². The molecule has 6 aromatic rings. The summed E-state index contributed by atoms with van der Waals surface area (Å²) in [5.74, 6) is -3.15. The smallest absolute Gasteiger partial charge is 0.274 e. The Morgan fingerprint density at radius 3 is 1.63 bits per heavy atom. The molecule has 2 heterocycles. The van der Waals surface area contributed by atoms with E-state index in [9.17, 15) is 19.2 Å². The molecule has 0 spiro atoms. The Kier molecular flexibility index (Phi) is 14.9. The SMILES string of the molecule is NC(=O)[C@H](CCCN=C(N)N)NC(=O)c1nn(CCc2cccc3ccccc23)cc1NC(=O)[C@H](CCCN=C(N)N)NC(=O)c1nn(CCc2cccc3ccccc23)cc1N. The molecule has 0 radical (unpaired) electrons. The number of aromatic nitrogens is 4. The van der Waals surface area contributed by atoms with Gasteiger partial charge in [0.15, 0.2) is 23.3 Å². The fourth-order valence-corrected chi connectivity index (χ4v) is 7.25. The standard InChI is InChI=1S/C44H53N15O4/c45-33-25-58(23-19-29-13-5-11-27-9-1-3-15-31(27)29)56-37(33)41(62)54-35(18-8-22-52-44(49)50)40(61)55-36-26-59(24-20-30-14-6-12-28-10-2-4-16-32(28)30)57-38(36)42(63)53-34(39(46)60)17-7-21-51-43(47)48/h1-6,9-16,25-26,34-35H,7-8,17-24,45H2,(H2,46,60)(H,53,63)(H,54,62)(H,55,61)(H4,47,48,51)(H4,49,50,52)/t34-,35-/m0/s1. The van der Waals surface area contributed by atoms with E-state index in [1.807, 2.05) is 78.9 Å². The highest BCUT2D eigenvalue weighted by Crippen LogP contribution is 2.22. The molecular weight excluding hydrogens is 803 g/mol. The van der Waals surface area contributed by atoms with Crippen LogP contribution in [0.15, 0.2) is 107 Å². The van der Waals surface area contributed by atoms with Gasteiger partial charge in [0.2, 0.25) is 11.8 Å². The first-order valence-corrected chi connectivity index (χ1v) is 20.5. The molecule has 4 amide bonds. The second-order valence-electron chi connectivity index (χ2n) is 15.0. The minimum atomic E-state index is -1.17. The highest BCUT2D eigenvalue weighted by molar-refractivity contribution is 6.06. The summed E-state index contributed by atoms with van der Waals surface area (Å²) >= 11 is 0. The number of carbonyl (C=O) groups is 4. The van der Waals surface area contributed by atoms with Crippen LogP contribution in [0.3, 0.4) is 0 Å². The number of hydrogen-bond donors (Lipinski definition) is 9. The van der Waals surface area contributed by atoms with Gasteiger partial charge in [-0.1, -0.05) is 84.9 Å². The van der Waals surface area contributed by atoms with Crippen molar-refractivity contribution < 1.29 is 19.2 Å². The third-order valence-corrected chi connectivity index (χ3v) is 10.4. The van der Waals surface area contributed by atoms with Gasteiger partial charge in [-0.25, -0.2) is 0 Å². The third-order valence-electron chi connectivity index (χ3n) is 10.4. The maximum Gasteiger partial charge on any atom is 0.274 e. The summed E-state index contributed by atoms with van der Waals surface area (Å²) < 4.78 is 3.12. The summed E-state index contributed by atoms with van der Waals surface area (Å²) in [6, 6.07) is 25.9. The topological polar surface area (TPSA) is 321 Å². The summed E-state index contributed by atoms with van der Waals surface area (Å²) in [6.07, 6.45) is 5.11. The van der Waals surface area contributed by atoms with E-state index in [2.05, 4.69) is 42.2 Å². The fourth-order valence-electron chi connectivity index (χ4n) is 7.25. The number of fused-ring (bicyclic) bond motifs is 2. The van der Waals surface area contributed by atoms with Crippen LogP contribution in [0, 0.1) is 0 Å². The molecule has 0 aliphatic rings. The normalized spacial score (nSPS) is 12.0. The van der Waals surface area contributed by atoms with Crippen LogP contribution in [-0.2, 0) is 35.5 Å². The molecule has 0 fully saturated rings. The molecule has 328 valence electrons. The first kappa shape index (κ1) is 44.6. The number of guanidine groups is 2. The molecule has 6 rings (SSSR count). The summed E-state index contributed by atoms with van der Waals surface area (Å²) in [5, 5.41) is 21.6. The molecule has 0 aliphatic carbocycles. The zero-order valence-electron chi connectivity index (χ0n) is 34.7. The maximum atomic E-state index is 14.2. The lowest BCUT2D eigenvalue weighted by atomic mass is 10.0. The molecule has 19 nitrogen and oxygen atoms in total.